The molecular formula is C18H23ClN4OS. The molecule has 0 saturated carbocycles. The molecule has 0 bridgehead atoms. The first-order valence-electron chi connectivity index (χ1n) is 8.49. The van der Waals surface area contributed by atoms with E-state index in [1.807, 2.05) is 44.0 Å². The van der Waals surface area contributed by atoms with Crippen molar-refractivity contribution in [3.63, 3.8) is 0 Å². The Morgan fingerprint density at radius 1 is 1.32 bits per heavy atom. The second-order valence-electron chi connectivity index (χ2n) is 6.52. The summed E-state index contributed by atoms with van der Waals surface area (Å²) in [4.78, 5) is 26.6. The normalized spacial score (nSPS) is 15.4. The lowest BCUT2D eigenvalue weighted by Crippen LogP contribution is -2.46. The van der Waals surface area contributed by atoms with Crippen molar-refractivity contribution in [1.29, 1.82) is 0 Å². The van der Waals surface area contributed by atoms with Crippen LogP contribution in [0.4, 0.5) is 5.82 Å². The van der Waals surface area contributed by atoms with Crippen molar-refractivity contribution in [1.82, 2.24) is 14.9 Å². The first-order chi connectivity index (χ1) is 11.9. The number of hydrogen-bond acceptors (Lipinski definition) is 5. The summed E-state index contributed by atoms with van der Waals surface area (Å²) in [6.45, 7) is 5.73. The maximum absolute atomic E-state index is 12.5. The number of carbonyl (C=O) groups is 1. The number of carbonyl (C=O) groups excluding carboxylic acids is 1. The Labute approximate surface area is 157 Å². The van der Waals surface area contributed by atoms with Crippen molar-refractivity contribution in [2.24, 2.45) is 0 Å². The largest absolute Gasteiger partial charge is 0.356 e. The molecule has 0 N–H and O–H groups in total. The molecule has 2 aromatic rings. The monoisotopic (exact) mass is 378 g/mol. The van der Waals surface area contributed by atoms with Gasteiger partial charge in [0.25, 0.3) is 0 Å². The fourth-order valence-electron chi connectivity index (χ4n) is 3.27. The molecule has 3 rings (SSSR count). The zero-order valence-electron chi connectivity index (χ0n) is 14.8. The van der Waals surface area contributed by atoms with E-state index in [9.17, 15) is 4.79 Å². The zero-order valence-corrected chi connectivity index (χ0v) is 16.4. The number of rotatable bonds is 4. The average molecular weight is 379 g/mol. The van der Waals surface area contributed by atoms with Gasteiger partial charge in [-0.05, 0) is 38.8 Å². The lowest BCUT2D eigenvalue weighted by molar-refractivity contribution is -0.131. The number of anilines is 1. The number of thiophene rings is 1. The molecule has 134 valence electrons. The molecule has 1 aliphatic heterocycles. The van der Waals surface area contributed by atoms with Crippen LogP contribution in [-0.2, 0) is 11.2 Å². The van der Waals surface area contributed by atoms with E-state index in [-0.39, 0.29) is 11.9 Å². The Morgan fingerprint density at radius 3 is 2.64 bits per heavy atom. The number of amides is 1. The molecule has 1 aliphatic rings. The van der Waals surface area contributed by atoms with Gasteiger partial charge in [-0.2, -0.15) is 0 Å². The minimum absolute atomic E-state index is 0.158. The van der Waals surface area contributed by atoms with E-state index in [0.29, 0.717) is 6.42 Å². The van der Waals surface area contributed by atoms with Crippen LogP contribution >= 0.6 is 22.9 Å². The molecule has 0 atom stereocenters. The molecule has 0 radical (unpaired) electrons. The molecule has 1 saturated heterocycles. The van der Waals surface area contributed by atoms with Crippen LogP contribution in [-0.4, -0.2) is 47.0 Å². The number of aromatic nitrogens is 2. The molecule has 7 heteroatoms. The van der Waals surface area contributed by atoms with E-state index in [1.165, 1.54) is 11.3 Å². The minimum Gasteiger partial charge on any atom is -0.356 e. The van der Waals surface area contributed by atoms with Gasteiger partial charge < -0.3 is 9.80 Å². The number of piperidine rings is 1. The van der Waals surface area contributed by atoms with Gasteiger partial charge in [0.2, 0.25) is 5.91 Å². The first kappa shape index (κ1) is 18.1. The fourth-order valence-corrected chi connectivity index (χ4v) is 4.34. The van der Waals surface area contributed by atoms with Crippen molar-refractivity contribution in [2.45, 2.75) is 39.2 Å². The van der Waals surface area contributed by atoms with Gasteiger partial charge in [0.1, 0.15) is 11.6 Å². The van der Waals surface area contributed by atoms with Crippen LogP contribution in [0.3, 0.4) is 0 Å². The van der Waals surface area contributed by atoms with E-state index in [1.54, 1.807) is 0 Å². The number of halogens is 1. The molecule has 1 amide bonds. The Kier molecular flexibility index (Phi) is 5.59. The molecule has 0 spiro atoms. The van der Waals surface area contributed by atoms with Crippen LogP contribution in [0.15, 0.2) is 18.2 Å². The zero-order chi connectivity index (χ0) is 18.0. The Balaban J connectivity index is 1.56. The molecule has 2 aromatic heterocycles. The fraction of sp³-hybridized carbons (Fsp3) is 0.500. The minimum atomic E-state index is 0.158. The van der Waals surface area contributed by atoms with Crippen LogP contribution in [0.2, 0.25) is 4.34 Å². The first-order valence-corrected chi connectivity index (χ1v) is 9.69. The Hall–Kier alpha value is -1.66. The van der Waals surface area contributed by atoms with E-state index in [0.717, 1.165) is 52.5 Å². The topological polar surface area (TPSA) is 49.3 Å². The smallest absolute Gasteiger partial charge is 0.227 e. The predicted molar refractivity (Wildman–Crippen MR) is 103 cm³/mol. The quantitative estimate of drug-likeness (QED) is 0.817. The van der Waals surface area contributed by atoms with Crippen LogP contribution in [0.5, 0.6) is 0 Å². The van der Waals surface area contributed by atoms with Crippen molar-refractivity contribution < 1.29 is 4.79 Å². The molecular weight excluding hydrogens is 356 g/mol. The summed E-state index contributed by atoms with van der Waals surface area (Å²) in [5.41, 5.74) is 0.992. The number of likely N-dealkylation sites (N-methyl/N-ethyl adjacent to an activating group) is 1. The Morgan fingerprint density at radius 2 is 2.04 bits per heavy atom. The number of nitrogens with zero attached hydrogens (tertiary/aromatic N) is 4. The highest BCUT2D eigenvalue weighted by molar-refractivity contribution is 7.16. The van der Waals surface area contributed by atoms with E-state index < -0.39 is 0 Å². The second kappa shape index (κ2) is 7.70. The highest BCUT2D eigenvalue weighted by Gasteiger charge is 2.26. The molecule has 0 aromatic carbocycles. The lowest BCUT2D eigenvalue weighted by Gasteiger charge is -2.37. The summed E-state index contributed by atoms with van der Waals surface area (Å²) >= 11 is 7.42. The standard InChI is InChI=1S/C18H23ClN4OS/c1-12-10-17(21-13(2)20-12)23-8-6-14(7-9-23)22(3)18(24)11-15-4-5-16(19)25-15/h4-5,10,14H,6-9,11H2,1-3H3. The molecule has 5 nitrogen and oxygen atoms in total. The van der Waals surface area contributed by atoms with Gasteiger partial charge in [0.05, 0.1) is 10.8 Å². The number of aryl methyl sites for hydroxylation is 2. The Bertz CT molecular complexity index is 735. The average Bonchev–Trinajstić information content (AvgIpc) is 2.98. The molecule has 1 fully saturated rings. The maximum Gasteiger partial charge on any atom is 0.227 e. The third-order valence-corrected chi connectivity index (χ3v) is 5.87. The summed E-state index contributed by atoms with van der Waals surface area (Å²) < 4.78 is 0.731. The van der Waals surface area contributed by atoms with E-state index in [2.05, 4.69) is 14.9 Å². The van der Waals surface area contributed by atoms with Crippen molar-refractivity contribution in [3.05, 3.63) is 38.9 Å². The number of hydrogen-bond donors (Lipinski definition) is 0. The summed E-state index contributed by atoms with van der Waals surface area (Å²) in [6.07, 6.45) is 2.34. The van der Waals surface area contributed by atoms with Crippen molar-refractivity contribution in [2.75, 3.05) is 25.0 Å². The highest BCUT2D eigenvalue weighted by Crippen LogP contribution is 2.24. The van der Waals surface area contributed by atoms with Crippen LogP contribution < -0.4 is 4.90 Å². The van der Waals surface area contributed by atoms with Crippen LogP contribution in [0.25, 0.3) is 0 Å². The molecule has 0 unspecified atom stereocenters. The van der Waals surface area contributed by atoms with E-state index in [4.69, 9.17) is 11.6 Å². The predicted octanol–water partition coefficient (Wildman–Crippen LogP) is 3.48. The van der Waals surface area contributed by atoms with Gasteiger partial charge in [-0.25, -0.2) is 9.97 Å². The summed E-state index contributed by atoms with van der Waals surface area (Å²) in [6, 6.07) is 6.09. The summed E-state index contributed by atoms with van der Waals surface area (Å²) in [5.74, 6) is 1.95. The lowest BCUT2D eigenvalue weighted by atomic mass is 10.0. The van der Waals surface area contributed by atoms with Crippen LogP contribution in [0, 0.1) is 13.8 Å². The third kappa shape index (κ3) is 4.50. The van der Waals surface area contributed by atoms with Gasteiger partial charge in [-0.15, -0.1) is 11.3 Å². The maximum atomic E-state index is 12.5. The molecule has 3 heterocycles. The van der Waals surface area contributed by atoms with Gasteiger partial charge >= 0.3 is 0 Å². The van der Waals surface area contributed by atoms with Gasteiger partial charge in [0, 0.05) is 42.8 Å². The third-order valence-electron chi connectivity index (χ3n) is 4.64. The second-order valence-corrected chi connectivity index (χ2v) is 8.32. The SMILES string of the molecule is Cc1cc(N2CCC(N(C)C(=O)Cc3ccc(Cl)s3)CC2)nc(C)n1. The van der Waals surface area contributed by atoms with Crippen molar-refractivity contribution >= 4 is 34.7 Å². The summed E-state index contributed by atoms with van der Waals surface area (Å²) in [7, 11) is 1.91. The van der Waals surface area contributed by atoms with Crippen molar-refractivity contribution in [3.8, 4) is 0 Å². The van der Waals surface area contributed by atoms with Gasteiger partial charge in [-0.1, -0.05) is 11.6 Å². The van der Waals surface area contributed by atoms with Crippen LogP contribution in [0.1, 0.15) is 29.2 Å². The van der Waals surface area contributed by atoms with Gasteiger partial charge in [0.15, 0.2) is 0 Å². The van der Waals surface area contributed by atoms with E-state index >= 15 is 0 Å². The molecule has 0 aliphatic carbocycles. The molecule has 25 heavy (non-hydrogen) atoms. The van der Waals surface area contributed by atoms with Gasteiger partial charge in [-0.3, -0.25) is 4.79 Å². The summed E-state index contributed by atoms with van der Waals surface area (Å²) in [5, 5.41) is 0. The highest BCUT2D eigenvalue weighted by atomic mass is 35.5.